The first-order valence-corrected chi connectivity index (χ1v) is 7.37. The van der Waals surface area contributed by atoms with Crippen molar-refractivity contribution >= 4 is 39.1 Å². The fraction of sp³-hybridized carbons (Fsp3) is 0.429. The minimum absolute atomic E-state index is 0.0210. The monoisotopic (exact) mass is 357 g/mol. The molecule has 0 saturated heterocycles. The minimum Gasteiger partial charge on any atom is -0.375 e. The SMILES string of the molecule is CC(C)[C@@](C)(C#N)NC(=O)CNc1ccc(Br)cc1Cl. The Morgan fingerprint density at radius 2 is 2.20 bits per heavy atom. The largest absolute Gasteiger partial charge is 0.375 e. The molecule has 1 aromatic carbocycles. The molecule has 1 atom stereocenters. The van der Waals surface area contributed by atoms with Gasteiger partial charge in [0.15, 0.2) is 0 Å². The molecule has 0 aromatic heterocycles. The Hall–Kier alpha value is -1.25. The highest BCUT2D eigenvalue weighted by Crippen LogP contribution is 2.25. The van der Waals surface area contributed by atoms with Crippen LogP contribution in [-0.4, -0.2) is 18.0 Å². The molecule has 0 fully saturated rings. The van der Waals surface area contributed by atoms with Crippen LogP contribution in [0, 0.1) is 17.2 Å². The van der Waals surface area contributed by atoms with Gasteiger partial charge in [-0.1, -0.05) is 41.4 Å². The Bertz CT molecular complexity index is 542. The van der Waals surface area contributed by atoms with Crippen LogP contribution in [0.1, 0.15) is 20.8 Å². The molecular formula is C14H17BrClN3O. The lowest BCUT2D eigenvalue weighted by Gasteiger charge is -2.27. The van der Waals surface area contributed by atoms with Gasteiger partial charge < -0.3 is 10.6 Å². The maximum absolute atomic E-state index is 11.9. The van der Waals surface area contributed by atoms with Crippen LogP contribution in [0.3, 0.4) is 0 Å². The third-order valence-electron chi connectivity index (χ3n) is 3.16. The van der Waals surface area contributed by atoms with E-state index in [-0.39, 0.29) is 18.4 Å². The summed E-state index contributed by atoms with van der Waals surface area (Å²) in [6.07, 6.45) is 0. The predicted octanol–water partition coefficient (Wildman–Crippen LogP) is 3.57. The second-order valence-corrected chi connectivity index (χ2v) is 6.32. The van der Waals surface area contributed by atoms with Crippen LogP contribution in [0.5, 0.6) is 0 Å². The molecule has 1 aromatic rings. The zero-order valence-corrected chi connectivity index (χ0v) is 14.0. The number of carbonyl (C=O) groups is 1. The first kappa shape index (κ1) is 16.8. The third kappa shape index (κ3) is 4.39. The molecular weight excluding hydrogens is 342 g/mol. The average molecular weight is 359 g/mol. The summed E-state index contributed by atoms with van der Waals surface area (Å²) < 4.78 is 0.870. The molecule has 1 amide bonds. The lowest BCUT2D eigenvalue weighted by Crippen LogP contribution is -2.50. The number of halogens is 2. The quantitative estimate of drug-likeness (QED) is 0.845. The van der Waals surface area contributed by atoms with Gasteiger partial charge in [-0.25, -0.2) is 0 Å². The number of amides is 1. The summed E-state index contributed by atoms with van der Waals surface area (Å²) in [5.74, 6) is -0.227. The molecule has 0 aliphatic rings. The van der Waals surface area contributed by atoms with Gasteiger partial charge in [0.2, 0.25) is 5.91 Å². The van der Waals surface area contributed by atoms with Gasteiger partial charge in [-0.3, -0.25) is 4.79 Å². The number of hydrogen-bond acceptors (Lipinski definition) is 3. The highest BCUT2D eigenvalue weighted by Gasteiger charge is 2.29. The van der Waals surface area contributed by atoms with Gasteiger partial charge in [-0.05, 0) is 31.0 Å². The fourth-order valence-corrected chi connectivity index (χ4v) is 2.18. The first-order chi connectivity index (χ1) is 9.28. The zero-order valence-electron chi connectivity index (χ0n) is 11.6. The van der Waals surface area contributed by atoms with Gasteiger partial charge in [-0.2, -0.15) is 5.26 Å². The van der Waals surface area contributed by atoms with Crippen molar-refractivity contribution in [3.05, 3.63) is 27.7 Å². The van der Waals surface area contributed by atoms with E-state index in [1.54, 1.807) is 19.1 Å². The fourth-order valence-electron chi connectivity index (χ4n) is 1.44. The number of nitriles is 1. The smallest absolute Gasteiger partial charge is 0.240 e. The van der Waals surface area contributed by atoms with Crippen LogP contribution in [0.25, 0.3) is 0 Å². The number of carbonyl (C=O) groups excluding carboxylic acids is 1. The Morgan fingerprint density at radius 3 is 2.70 bits per heavy atom. The molecule has 0 unspecified atom stereocenters. The van der Waals surface area contributed by atoms with Crippen LogP contribution < -0.4 is 10.6 Å². The normalized spacial score (nSPS) is 13.4. The van der Waals surface area contributed by atoms with Crippen LogP contribution in [0.2, 0.25) is 5.02 Å². The number of nitrogens with zero attached hydrogens (tertiary/aromatic N) is 1. The molecule has 0 spiro atoms. The number of nitrogens with one attached hydrogen (secondary N) is 2. The van der Waals surface area contributed by atoms with E-state index in [4.69, 9.17) is 16.9 Å². The van der Waals surface area contributed by atoms with Crippen molar-refractivity contribution in [1.29, 1.82) is 5.26 Å². The van der Waals surface area contributed by atoms with Gasteiger partial charge >= 0.3 is 0 Å². The van der Waals surface area contributed by atoms with Crippen molar-refractivity contribution in [2.75, 3.05) is 11.9 Å². The van der Waals surface area contributed by atoms with E-state index in [0.717, 1.165) is 4.47 Å². The molecule has 0 bridgehead atoms. The van der Waals surface area contributed by atoms with E-state index >= 15 is 0 Å². The Kier molecular flexibility index (Phi) is 5.85. The number of rotatable bonds is 5. The lowest BCUT2D eigenvalue weighted by molar-refractivity contribution is -0.121. The minimum atomic E-state index is -0.873. The summed E-state index contributed by atoms with van der Waals surface area (Å²) in [4.78, 5) is 11.9. The number of benzene rings is 1. The molecule has 0 radical (unpaired) electrons. The molecule has 2 N–H and O–H groups in total. The van der Waals surface area contributed by atoms with Gasteiger partial charge in [0.1, 0.15) is 5.54 Å². The summed E-state index contributed by atoms with van der Waals surface area (Å²) in [6.45, 7) is 5.55. The van der Waals surface area contributed by atoms with Crippen molar-refractivity contribution in [3.8, 4) is 6.07 Å². The average Bonchev–Trinajstić information content (AvgIpc) is 2.37. The standard InChI is InChI=1S/C14H17BrClN3O/c1-9(2)14(3,8-17)19-13(20)7-18-12-5-4-10(15)6-11(12)16/h4-6,9,18H,7H2,1-3H3,(H,19,20)/t14-/m1/s1. The molecule has 4 nitrogen and oxygen atoms in total. The maximum Gasteiger partial charge on any atom is 0.240 e. The van der Waals surface area contributed by atoms with Gasteiger partial charge in [0.25, 0.3) is 0 Å². The number of hydrogen-bond donors (Lipinski definition) is 2. The third-order valence-corrected chi connectivity index (χ3v) is 3.96. The topological polar surface area (TPSA) is 64.9 Å². The molecule has 20 heavy (non-hydrogen) atoms. The summed E-state index contributed by atoms with van der Waals surface area (Å²) >= 11 is 9.36. The molecule has 0 heterocycles. The van der Waals surface area contributed by atoms with Crippen LogP contribution >= 0.6 is 27.5 Å². The Balaban J connectivity index is 2.62. The van der Waals surface area contributed by atoms with E-state index in [0.29, 0.717) is 10.7 Å². The van der Waals surface area contributed by atoms with Gasteiger partial charge in [0.05, 0.1) is 23.3 Å². The van der Waals surface area contributed by atoms with Crippen molar-refractivity contribution in [2.45, 2.75) is 26.3 Å². The van der Waals surface area contributed by atoms with Gasteiger partial charge in [-0.15, -0.1) is 0 Å². The first-order valence-electron chi connectivity index (χ1n) is 6.19. The second-order valence-electron chi connectivity index (χ2n) is 4.99. The van der Waals surface area contributed by atoms with E-state index in [1.165, 1.54) is 0 Å². The van der Waals surface area contributed by atoms with E-state index in [1.807, 2.05) is 19.9 Å². The van der Waals surface area contributed by atoms with E-state index in [2.05, 4.69) is 32.6 Å². The lowest BCUT2D eigenvalue weighted by atomic mass is 9.90. The molecule has 0 aliphatic carbocycles. The summed E-state index contributed by atoms with van der Waals surface area (Å²) in [5.41, 5.74) is -0.198. The molecule has 0 saturated carbocycles. The highest BCUT2D eigenvalue weighted by molar-refractivity contribution is 9.10. The second kappa shape index (κ2) is 6.96. The highest BCUT2D eigenvalue weighted by atomic mass is 79.9. The van der Waals surface area contributed by atoms with Crippen molar-refractivity contribution in [1.82, 2.24) is 5.32 Å². The van der Waals surface area contributed by atoms with Crippen LogP contribution in [0.4, 0.5) is 5.69 Å². The summed E-state index contributed by atoms with van der Waals surface area (Å²) in [6, 6.07) is 7.50. The summed E-state index contributed by atoms with van der Waals surface area (Å²) in [5, 5.41) is 15.4. The zero-order chi connectivity index (χ0) is 15.3. The summed E-state index contributed by atoms with van der Waals surface area (Å²) in [7, 11) is 0. The molecule has 1 rings (SSSR count). The van der Waals surface area contributed by atoms with Gasteiger partial charge in [0, 0.05) is 4.47 Å². The molecule has 6 heteroatoms. The van der Waals surface area contributed by atoms with E-state index in [9.17, 15) is 4.79 Å². The van der Waals surface area contributed by atoms with E-state index < -0.39 is 5.54 Å². The van der Waals surface area contributed by atoms with Crippen LogP contribution in [-0.2, 0) is 4.79 Å². The van der Waals surface area contributed by atoms with Crippen molar-refractivity contribution in [2.24, 2.45) is 5.92 Å². The molecule has 108 valence electrons. The van der Waals surface area contributed by atoms with Crippen molar-refractivity contribution < 1.29 is 4.79 Å². The molecule has 0 aliphatic heterocycles. The van der Waals surface area contributed by atoms with Crippen LogP contribution in [0.15, 0.2) is 22.7 Å². The predicted molar refractivity (Wildman–Crippen MR) is 84.6 cm³/mol. The number of anilines is 1. The maximum atomic E-state index is 11.9. The Morgan fingerprint density at radius 1 is 1.55 bits per heavy atom. The van der Waals surface area contributed by atoms with Crippen molar-refractivity contribution in [3.63, 3.8) is 0 Å². The Labute approximate surface area is 132 Å².